The number of unbranched alkanes of at least 4 members (excludes halogenated alkanes) is 28. The van der Waals surface area contributed by atoms with E-state index in [2.05, 4.69) is 55.5 Å². The molecular weight excluding hydrogens is 775 g/mol. The van der Waals surface area contributed by atoms with Gasteiger partial charge in [0.25, 0.3) is 6.29 Å². The van der Waals surface area contributed by atoms with E-state index in [-0.39, 0.29) is 25.8 Å². The molecule has 0 fully saturated rings. The van der Waals surface area contributed by atoms with Crippen molar-refractivity contribution in [1.29, 1.82) is 0 Å². The molecule has 0 amide bonds. The molecule has 0 saturated heterocycles. The van der Waals surface area contributed by atoms with Crippen LogP contribution in [0.4, 0.5) is 0 Å². The summed E-state index contributed by atoms with van der Waals surface area (Å²) in [6.45, 7) is 2.50. The van der Waals surface area contributed by atoms with Gasteiger partial charge in [-0.2, -0.15) is 0 Å². The standard InChI is InChI=1S/C54H99NO7/c1-5-6-7-8-9-10-11-12-13-14-15-16-17-18-19-20-21-22-23-24-25-26-27-28-29-30-31-32-33-34-35-36-37-38-39-40-41-42-43-44-45-46-52(57)61-49-51(56)50-62-54(53(58)59)60-48-47-55(2,3)4/h6-7,9-10,12-13,15-16,51,54,56H,5,8,11,14,17-50H2,1-4H3/p+1/b7-6-,10-9-,13-12-,16-15-. The SMILES string of the molecule is CC/C=C\C/C=C\C/C=C\C/C=C\CCCCCCCCCCCCCCCCCCCCCCCCCCCCCCC(=O)OCC(O)COC(OCC[N+](C)(C)C)C(=O)O. The zero-order valence-electron chi connectivity index (χ0n) is 41.0. The van der Waals surface area contributed by atoms with Crippen molar-refractivity contribution in [2.75, 3.05) is 47.5 Å². The highest BCUT2D eigenvalue weighted by atomic mass is 16.7. The van der Waals surface area contributed by atoms with E-state index in [0.717, 1.165) is 44.9 Å². The Balaban J connectivity index is 3.33. The van der Waals surface area contributed by atoms with Gasteiger partial charge in [-0.3, -0.25) is 4.79 Å². The zero-order valence-corrected chi connectivity index (χ0v) is 41.0. The minimum absolute atomic E-state index is 0.212. The van der Waals surface area contributed by atoms with E-state index in [1.165, 1.54) is 167 Å². The van der Waals surface area contributed by atoms with Crippen molar-refractivity contribution >= 4 is 11.9 Å². The highest BCUT2D eigenvalue weighted by Gasteiger charge is 2.22. The number of carbonyl (C=O) groups excluding carboxylic acids is 1. The van der Waals surface area contributed by atoms with Crippen LogP contribution >= 0.6 is 0 Å². The summed E-state index contributed by atoms with van der Waals surface area (Å²) in [5.74, 6) is -1.60. The third-order valence-corrected chi connectivity index (χ3v) is 11.3. The van der Waals surface area contributed by atoms with Gasteiger partial charge < -0.3 is 28.9 Å². The maximum Gasteiger partial charge on any atom is 0.361 e. The van der Waals surface area contributed by atoms with Gasteiger partial charge in [0.05, 0.1) is 34.4 Å². The average molecular weight is 875 g/mol. The second-order valence-electron chi connectivity index (χ2n) is 18.7. The van der Waals surface area contributed by atoms with Gasteiger partial charge in [-0.05, 0) is 44.9 Å². The Labute approximate surface area is 383 Å². The van der Waals surface area contributed by atoms with Gasteiger partial charge in [0.1, 0.15) is 19.3 Å². The van der Waals surface area contributed by atoms with Crippen molar-refractivity contribution < 1.29 is 38.5 Å². The molecule has 0 radical (unpaired) electrons. The van der Waals surface area contributed by atoms with Crippen LogP contribution in [0.3, 0.4) is 0 Å². The average Bonchev–Trinajstić information content (AvgIpc) is 3.24. The Bertz CT molecular complexity index is 1090. The highest BCUT2D eigenvalue weighted by molar-refractivity contribution is 5.70. The van der Waals surface area contributed by atoms with Crippen molar-refractivity contribution in [2.24, 2.45) is 0 Å². The summed E-state index contributed by atoms with van der Waals surface area (Å²) in [5, 5.41) is 19.3. The van der Waals surface area contributed by atoms with E-state index < -0.39 is 18.4 Å². The monoisotopic (exact) mass is 875 g/mol. The van der Waals surface area contributed by atoms with Gasteiger partial charge in [0.2, 0.25) is 0 Å². The van der Waals surface area contributed by atoms with Crippen LogP contribution < -0.4 is 0 Å². The molecule has 0 aliphatic heterocycles. The molecule has 62 heavy (non-hydrogen) atoms. The number of hydrogen-bond acceptors (Lipinski definition) is 6. The number of carboxylic acid groups (broad SMARTS) is 1. The van der Waals surface area contributed by atoms with Crippen LogP contribution in [0, 0.1) is 0 Å². The van der Waals surface area contributed by atoms with E-state index in [1.54, 1.807) is 0 Å². The number of nitrogens with zero attached hydrogens (tertiary/aromatic N) is 1. The van der Waals surface area contributed by atoms with Crippen molar-refractivity contribution in [3.8, 4) is 0 Å². The maximum absolute atomic E-state index is 12.0. The molecule has 0 saturated carbocycles. The number of esters is 1. The molecule has 0 aromatic rings. The van der Waals surface area contributed by atoms with Crippen LogP contribution in [0.5, 0.6) is 0 Å². The molecule has 8 nitrogen and oxygen atoms in total. The smallest absolute Gasteiger partial charge is 0.361 e. The number of rotatable bonds is 48. The van der Waals surface area contributed by atoms with Crippen LogP contribution in [-0.2, 0) is 23.8 Å². The molecule has 362 valence electrons. The summed E-state index contributed by atoms with van der Waals surface area (Å²) in [4.78, 5) is 23.4. The van der Waals surface area contributed by atoms with E-state index in [1.807, 2.05) is 21.1 Å². The van der Waals surface area contributed by atoms with Crippen molar-refractivity contribution in [1.82, 2.24) is 0 Å². The number of hydrogen-bond donors (Lipinski definition) is 2. The summed E-state index contributed by atoms with van der Waals surface area (Å²) in [6, 6.07) is 0. The Morgan fingerprint density at radius 2 is 0.839 bits per heavy atom. The van der Waals surface area contributed by atoms with Crippen molar-refractivity contribution in [2.45, 2.75) is 238 Å². The Hall–Kier alpha value is -2.26. The van der Waals surface area contributed by atoms with Gasteiger partial charge >= 0.3 is 11.9 Å². The first-order valence-corrected chi connectivity index (χ1v) is 25.9. The number of carbonyl (C=O) groups is 2. The van der Waals surface area contributed by atoms with Crippen molar-refractivity contribution in [3.05, 3.63) is 48.6 Å². The lowest BCUT2D eigenvalue weighted by Crippen LogP contribution is -2.40. The van der Waals surface area contributed by atoms with Crippen LogP contribution in [-0.4, -0.2) is 86.5 Å². The number of aliphatic hydroxyl groups excluding tert-OH is 1. The lowest BCUT2D eigenvalue weighted by molar-refractivity contribution is -0.870. The number of allylic oxidation sites excluding steroid dienone is 8. The lowest BCUT2D eigenvalue weighted by Gasteiger charge is -2.24. The highest BCUT2D eigenvalue weighted by Crippen LogP contribution is 2.17. The van der Waals surface area contributed by atoms with E-state index in [9.17, 15) is 19.8 Å². The van der Waals surface area contributed by atoms with Gasteiger partial charge in [-0.1, -0.05) is 222 Å². The number of aliphatic carboxylic acids is 1. The first kappa shape index (κ1) is 59.7. The predicted octanol–water partition coefficient (Wildman–Crippen LogP) is 14.5. The fraction of sp³-hybridized carbons (Fsp3) is 0.815. The molecule has 0 bridgehead atoms. The molecule has 0 aromatic heterocycles. The lowest BCUT2D eigenvalue weighted by atomic mass is 10.0. The predicted molar refractivity (Wildman–Crippen MR) is 262 cm³/mol. The fourth-order valence-corrected chi connectivity index (χ4v) is 7.36. The molecule has 0 aromatic carbocycles. The number of aliphatic hydroxyl groups is 1. The van der Waals surface area contributed by atoms with E-state index in [4.69, 9.17) is 14.2 Å². The molecule has 0 rings (SSSR count). The first-order valence-electron chi connectivity index (χ1n) is 25.9. The topological polar surface area (TPSA) is 102 Å². The van der Waals surface area contributed by atoms with Gasteiger partial charge in [-0.15, -0.1) is 0 Å². The van der Waals surface area contributed by atoms with E-state index >= 15 is 0 Å². The number of likely N-dealkylation sites (N-methyl/N-ethyl adjacent to an activating group) is 1. The minimum Gasteiger partial charge on any atom is -0.477 e. The molecular formula is C54H100NO7+. The van der Waals surface area contributed by atoms with Gasteiger partial charge in [0.15, 0.2) is 0 Å². The molecule has 0 heterocycles. The normalized spacial score (nSPS) is 13.4. The van der Waals surface area contributed by atoms with Crippen molar-refractivity contribution in [3.63, 3.8) is 0 Å². The molecule has 0 aliphatic carbocycles. The maximum atomic E-state index is 12.0. The largest absolute Gasteiger partial charge is 0.477 e. The van der Waals surface area contributed by atoms with Crippen LogP contribution in [0.2, 0.25) is 0 Å². The summed E-state index contributed by atoms with van der Waals surface area (Å²) < 4.78 is 16.2. The van der Waals surface area contributed by atoms with Gasteiger partial charge in [0, 0.05) is 6.42 Å². The fourth-order valence-electron chi connectivity index (χ4n) is 7.36. The molecule has 0 aliphatic rings. The Morgan fingerprint density at radius 1 is 0.484 bits per heavy atom. The van der Waals surface area contributed by atoms with Crippen LogP contribution in [0.15, 0.2) is 48.6 Å². The Kier molecular flexibility index (Phi) is 45.0. The zero-order chi connectivity index (χ0) is 45.5. The van der Waals surface area contributed by atoms with E-state index in [0.29, 0.717) is 17.4 Å². The summed E-state index contributed by atoms with van der Waals surface area (Å²) in [7, 11) is 5.93. The summed E-state index contributed by atoms with van der Waals surface area (Å²) >= 11 is 0. The second-order valence-corrected chi connectivity index (χ2v) is 18.7. The molecule has 0 spiro atoms. The third kappa shape index (κ3) is 48.8. The van der Waals surface area contributed by atoms with Gasteiger partial charge in [-0.25, -0.2) is 4.79 Å². The summed E-state index contributed by atoms with van der Waals surface area (Å²) in [5.41, 5.74) is 0. The Morgan fingerprint density at radius 3 is 1.21 bits per heavy atom. The first-order chi connectivity index (χ1) is 30.2. The number of ether oxygens (including phenoxy) is 3. The molecule has 2 atom stereocenters. The molecule has 2 unspecified atom stereocenters. The minimum atomic E-state index is -1.46. The van der Waals surface area contributed by atoms with Crippen LogP contribution in [0.25, 0.3) is 0 Å². The quantitative estimate of drug-likeness (QED) is 0.0206. The molecule has 2 N–H and O–H groups in total. The second kappa shape index (κ2) is 46.7. The van der Waals surface area contributed by atoms with Crippen LogP contribution in [0.1, 0.15) is 225 Å². The summed E-state index contributed by atoms with van der Waals surface area (Å²) in [6.07, 6.45) is 59.3. The number of quaternary nitrogens is 1. The molecule has 8 heteroatoms. The third-order valence-electron chi connectivity index (χ3n) is 11.3. The number of carboxylic acids is 1.